The van der Waals surface area contributed by atoms with Crippen molar-refractivity contribution in [3.05, 3.63) is 46.8 Å². The average molecular weight is 245 g/mol. The topological polar surface area (TPSA) is 50.9 Å². The molecule has 4 heteroatoms. The van der Waals surface area contributed by atoms with Gasteiger partial charge in [-0.3, -0.25) is 0 Å². The Morgan fingerprint density at radius 2 is 1.83 bits per heavy atom. The van der Waals surface area contributed by atoms with Crippen molar-refractivity contribution in [2.75, 3.05) is 0 Å². The normalized spacial score (nSPS) is 11.8. The molecule has 2 rings (SSSR count). The molecule has 1 heterocycles. The Kier molecular flexibility index (Phi) is 3.22. The van der Waals surface area contributed by atoms with E-state index in [9.17, 15) is 5.11 Å². The molecule has 1 aromatic heterocycles. The van der Waals surface area contributed by atoms with Gasteiger partial charge in [0.15, 0.2) is 0 Å². The van der Waals surface area contributed by atoms with Crippen molar-refractivity contribution in [1.29, 1.82) is 0 Å². The Balaban J connectivity index is 2.27. The van der Waals surface area contributed by atoms with Gasteiger partial charge in [-0.15, -0.1) is 5.10 Å². The summed E-state index contributed by atoms with van der Waals surface area (Å²) in [5.74, 6) is 0. The summed E-state index contributed by atoms with van der Waals surface area (Å²) in [6.07, 6.45) is 1.80. The Morgan fingerprint density at radius 3 is 2.33 bits per heavy atom. The van der Waals surface area contributed by atoms with Crippen molar-refractivity contribution in [3.63, 3.8) is 0 Å². The second-order valence-electron chi connectivity index (χ2n) is 5.23. The lowest BCUT2D eigenvalue weighted by molar-refractivity contribution is 0.0737. The number of hydrogen-bond donors (Lipinski definition) is 1. The fourth-order valence-electron chi connectivity index (χ4n) is 1.92. The number of aromatic nitrogens is 3. The van der Waals surface area contributed by atoms with E-state index in [1.54, 1.807) is 24.7 Å². The highest BCUT2D eigenvalue weighted by molar-refractivity contribution is 5.33. The van der Waals surface area contributed by atoms with Crippen LogP contribution in [0.3, 0.4) is 0 Å². The molecule has 0 atom stereocenters. The fraction of sp³-hybridized carbons (Fsp3) is 0.429. The van der Waals surface area contributed by atoms with Gasteiger partial charge in [-0.2, -0.15) is 0 Å². The summed E-state index contributed by atoms with van der Waals surface area (Å²) in [4.78, 5) is 0. The van der Waals surface area contributed by atoms with Crippen molar-refractivity contribution in [2.24, 2.45) is 0 Å². The number of aliphatic hydroxyl groups is 1. The number of rotatable bonds is 3. The Bertz CT molecular complexity index is 532. The third kappa shape index (κ3) is 2.59. The molecule has 0 radical (unpaired) electrons. The molecule has 0 aliphatic heterocycles. The van der Waals surface area contributed by atoms with Crippen LogP contribution in [0.2, 0.25) is 0 Å². The van der Waals surface area contributed by atoms with Gasteiger partial charge in [0.2, 0.25) is 0 Å². The molecular weight excluding hydrogens is 226 g/mol. The van der Waals surface area contributed by atoms with Crippen molar-refractivity contribution in [2.45, 2.75) is 39.8 Å². The van der Waals surface area contributed by atoms with E-state index in [2.05, 4.69) is 42.4 Å². The van der Waals surface area contributed by atoms with Crippen LogP contribution in [-0.2, 0) is 12.1 Å². The second kappa shape index (κ2) is 4.53. The fourth-order valence-corrected chi connectivity index (χ4v) is 1.92. The predicted octanol–water partition coefficient (Wildman–Crippen LogP) is 2.17. The van der Waals surface area contributed by atoms with E-state index < -0.39 is 5.60 Å². The quantitative estimate of drug-likeness (QED) is 0.901. The number of aryl methyl sites for hydroxylation is 2. The maximum atomic E-state index is 9.86. The van der Waals surface area contributed by atoms with Gasteiger partial charge in [0, 0.05) is 0 Å². The first-order valence-electron chi connectivity index (χ1n) is 6.06. The van der Waals surface area contributed by atoms with Crippen LogP contribution in [-0.4, -0.2) is 20.1 Å². The van der Waals surface area contributed by atoms with E-state index in [0.29, 0.717) is 12.2 Å². The van der Waals surface area contributed by atoms with E-state index in [1.165, 1.54) is 16.7 Å². The molecule has 2 aromatic rings. The van der Waals surface area contributed by atoms with Crippen LogP contribution in [0.25, 0.3) is 0 Å². The zero-order valence-electron chi connectivity index (χ0n) is 11.3. The lowest BCUT2D eigenvalue weighted by atomic mass is 10.0. The molecule has 0 saturated heterocycles. The lowest BCUT2D eigenvalue weighted by Gasteiger charge is -2.12. The standard InChI is InChI=1S/C14H19N3O/c1-10-6-5-7-11(2)12(10)8-17-9-13(15-16-17)14(3,4)18/h5-7,9,18H,8H2,1-4H3. The third-order valence-corrected chi connectivity index (χ3v) is 3.13. The first-order valence-corrected chi connectivity index (χ1v) is 6.06. The minimum absolute atomic E-state index is 0.591. The highest BCUT2D eigenvalue weighted by Gasteiger charge is 2.20. The van der Waals surface area contributed by atoms with Crippen molar-refractivity contribution < 1.29 is 5.11 Å². The lowest BCUT2D eigenvalue weighted by Crippen LogP contribution is -2.15. The van der Waals surface area contributed by atoms with E-state index in [1.807, 2.05) is 0 Å². The van der Waals surface area contributed by atoms with Crippen LogP contribution in [0.4, 0.5) is 0 Å². The zero-order valence-corrected chi connectivity index (χ0v) is 11.3. The first kappa shape index (κ1) is 12.8. The van der Waals surface area contributed by atoms with Gasteiger partial charge in [-0.25, -0.2) is 4.68 Å². The van der Waals surface area contributed by atoms with Gasteiger partial charge in [0.05, 0.1) is 12.7 Å². The van der Waals surface area contributed by atoms with Crippen LogP contribution in [0.1, 0.15) is 36.2 Å². The molecule has 1 aromatic carbocycles. The van der Waals surface area contributed by atoms with Crippen LogP contribution in [0.15, 0.2) is 24.4 Å². The SMILES string of the molecule is Cc1cccc(C)c1Cn1cc(C(C)(C)O)nn1. The van der Waals surface area contributed by atoms with Gasteiger partial charge in [0.25, 0.3) is 0 Å². The number of benzene rings is 1. The molecule has 0 fully saturated rings. The van der Waals surface area contributed by atoms with Crippen LogP contribution in [0, 0.1) is 13.8 Å². The molecule has 0 amide bonds. The largest absolute Gasteiger partial charge is 0.384 e. The monoisotopic (exact) mass is 245 g/mol. The minimum atomic E-state index is -0.945. The molecule has 4 nitrogen and oxygen atoms in total. The van der Waals surface area contributed by atoms with Gasteiger partial charge in [-0.05, 0) is 44.4 Å². The molecule has 0 bridgehead atoms. The van der Waals surface area contributed by atoms with Gasteiger partial charge in [-0.1, -0.05) is 23.4 Å². The summed E-state index contributed by atoms with van der Waals surface area (Å²) < 4.78 is 1.77. The van der Waals surface area contributed by atoms with Crippen molar-refractivity contribution in [1.82, 2.24) is 15.0 Å². The summed E-state index contributed by atoms with van der Waals surface area (Å²) in [5, 5.41) is 17.9. The predicted molar refractivity (Wildman–Crippen MR) is 70.3 cm³/mol. The average Bonchev–Trinajstić information content (AvgIpc) is 2.72. The second-order valence-corrected chi connectivity index (χ2v) is 5.23. The van der Waals surface area contributed by atoms with Crippen LogP contribution >= 0.6 is 0 Å². The van der Waals surface area contributed by atoms with Crippen molar-refractivity contribution >= 4 is 0 Å². The van der Waals surface area contributed by atoms with Crippen LogP contribution in [0.5, 0.6) is 0 Å². The zero-order chi connectivity index (χ0) is 13.3. The summed E-state index contributed by atoms with van der Waals surface area (Å²) in [6, 6.07) is 6.24. The maximum Gasteiger partial charge on any atom is 0.114 e. The van der Waals surface area contributed by atoms with E-state index in [-0.39, 0.29) is 0 Å². The molecular formula is C14H19N3O. The first-order chi connectivity index (χ1) is 8.38. The summed E-state index contributed by atoms with van der Waals surface area (Å²) in [6.45, 7) is 8.29. The Hall–Kier alpha value is -1.68. The molecule has 1 N–H and O–H groups in total. The van der Waals surface area contributed by atoms with E-state index in [0.717, 1.165) is 0 Å². The molecule has 96 valence electrons. The highest BCUT2D eigenvalue weighted by Crippen LogP contribution is 2.18. The Labute approximate surface area is 107 Å². The molecule has 0 aliphatic carbocycles. The third-order valence-electron chi connectivity index (χ3n) is 3.13. The number of hydrogen-bond acceptors (Lipinski definition) is 3. The Morgan fingerprint density at radius 1 is 1.22 bits per heavy atom. The molecule has 18 heavy (non-hydrogen) atoms. The van der Waals surface area contributed by atoms with E-state index >= 15 is 0 Å². The van der Waals surface area contributed by atoms with E-state index in [4.69, 9.17) is 0 Å². The van der Waals surface area contributed by atoms with Gasteiger partial charge >= 0.3 is 0 Å². The van der Waals surface area contributed by atoms with Crippen LogP contribution < -0.4 is 0 Å². The molecule has 0 unspecified atom stereocenters. The van der Waals surface area contributed by atoms with Gasteiger partial charge < -0.3 is 5.11 Å². The molecule has 0 saturated carbocycles. The summed E-state index contributed by atoms with van der Waals surface area (Å²) in [5.41, 5.74) is 3.39. The van der Waals surface area contributed by atoms with Gasteiger partial charge in [0.1, 0.15) is 11.3 Å². The minimum Gasteiger partial charge on any atom is -0.384 e. The number of nitrogens with zero attached hydrogens (tertiary/aromatic N) is 3. The molecule has 0 spiro atoms. The summed E-state index contributed by atoms with van der Waals surface area (Å²) in [7, 11) is 0. The maximum absolute atomic E-state index is 9.86. The summed E-state index contributed by atoms with van der Waals surface area (Å²) >= 11 is 0. The highest BCUT2D eigenvalue weighted by atomic mass is 16.3. The molecule has 0 aliphatic rings. The van der Waals surface area contributed by atoms with Crippen molar-refractivity contribution in [3.8, 4) is 0 Å². The smallest absolute Gasteiger partial charge is 0.114 e.